The predicted molar refractivity (Wildman–Crippen MR) is 347 cm³/mol. The summed E-state index contributed by atoms with van der Waals surface area (Å²) in [6.45, 7) is 19.4. The highest BCUT2D eigenvalue weighted by atomic mass is 16.2. The summed E-state index contributed by atoms with van der Waals surface area (Å²) in [7, 11) is 0. The number of primary amides is 1. The quantitative estimate of drug-likeness (QED) is 0.0175. The van der Waals surface area contributed by atoms with E-state index < -0.39 is 144 Å². The van der Waals surface area contributed by atoms with Gasteiger partial charge in [0.1, 0.15) is 60.7 Å². The third-order valence-corrected chi connectivity index (χ3v) is 16.1. The first-order valence-electron chi connectivity index (χ1n) is 33.1. The molecule has 1 fully saturated rings. The number of guanidine groups is 1. The largest absolute Gasteiger partial charge is 0.370 e. The molecule has 0 aromatic carbocycles. The van der Waals surface area contributed by atoms with Gasteiger partial charge in [-0.2, -0.15) is 0 Å². The second kappa shape index (κ2) is 44.7. The van der Waals surface area contributed by atoms with Gasteiger partial charge in [-0.05, 0) is 96.9 Å². The molecule has 0 unspecified atom stereocenters. The number of amides is 11. The fourth-order valence-electron chi connectivity index (χ4n) is 10.3. The molecular formula is C62H117N17O11. The molecule has 0 saturated carbocycles. The number of carbonyl (C=O) groups excluding carboxylic acids is 11. The van der Waals surface area contributed by atoms with E-state index in [0.717, 1.165) is 19.3 Å². The van der Waals surface area contributed by atoms with Crippen LogP contribution >= 0.6 is 0 Å². The number of nitrogens with zero attached hydrogens (tertiary/aromatic N) is 1. The predicted octanol–water partition coefficient (Wildman–Crippen LogP) is 0.969. The van der Waals surface area contributed by atoms with Crippen LogP contribution in [-0.2, 0) is 52.7 Å². The normalized spacial score (nSPS) is 16.4. The van der Waals surface area contributed by atoms with Crippen molar-refractivity contribution in [2.45, 2.75) is 284 Å². The Kier molecular flexibility index (Phi) is 40.4. The third-order valence-electron chi connectivity index (χ3n) is 16.1. The molecule has 1 rings (SSSR count). The molecule has 90 heavy (non-hydrogen) atoms. The molecule has 20 N–H and O–H groups in total. The molecule has 1 heterocycles. The van der Waals surface area contributed by atoms with Gasteiger partial charge in [0.05, 0.1) is 6.42 Å². The topological polar surface area (TPSA) is 451 Å². The van der Waals surface area contributed by atoms with Crippen LogP contribution in [0.5, 0.6) is 0 Å². The molecule has 0 aromatic heterocycles. The minimum atomic E-state index is -1.53. The number of unbranched alkanes of at least 4 members (excludes halogenated alkanes) is 12. The van der Waals surface area contributed by atoms with E-state index in [1.165, 1.54) is 76.5 Å². The van der Waals surface area contributed by atoms with Crippen molar-refractivity contribution in [1.82, 2.24) is 63.4 Å². The molecule has 1 aliphatic rings. The van der Waals surface area contributed by atoms with Crippen molar-refractivity contribution in [3.8, 4) is 0 Å². The van der Waals surface area contributed by atoms with Crippen LogP contribution in [0.3, 0.4) is 0 Å². The number of hydrogen-bond acceptors (Lipinski definition) is 15. The lowest BCUT2D eigenvalue weighted by atomic mass is 9.96. The number of nitrogens with two attached hydrogens (primary N) is 4. The molecule has 0 spiro atoms. The number of carbonyl (C=O) groups is 11. The van der Waals surface area contributed by atoms with Gasteiger partial charge in [0.2, 0.25) is 65.0 Å². The Balaban J connectivity index is 3.11. The van der Waals surface area contributed by atoms with Crippen LogP contribution in [0.2, 0.25) is 0 Å². The lowest BCUT2D eigenvalue weighted by Crippen LogP contribution is -2.61. The van der Waals surface area contributed by atoms with Gasteiger partial charge in [-0.3, -0.25) is 63.5 Å². The summed E-state index contributed by atoms with van der Waals surface area (Å²) in [5.74, 6) is -9.35. The van der Waals surface area contributed by atoms with Gasteiger partial charge in [0.15, 0.2) is 5.96 Å². The lowest BCUT2D eigenvalue weighted by molar-refractivity contribution is -0.143. The maximum Gasteiger partial charge on any atom is 0.245 e. The highest BCUT2D eigenvalue weighted by molar-refractivity contribution is 5.99. The van der Waals surface area contributed by atoms with Crippen molar-refractivity contribution >= 4 is 70.9 Å². The third kappa shape index (κ3) is 32.9. The minimum Gasteiger partial charge on any atom is -0.370 e. The van der Waals surface area contributed by atoms with Gasteiger partial charge in [-0.1, -0.05) is 132 Å². The summed E-state index contributed by atoms with van der Waals surface area (Å²) in [6.07, 6.45) is 16.7. The second-order valence-electron chi connectivity index (χ2n) is 25.1. The number of likely N-dealkylation sites (tertiary alicyclic amines) is 1. The van der Waals surface area contributed by atoms with Crippen LogP contribution in [0.1, 0.15) is 217 Å². The SMILES string of the molecule is CCCCCCCCCCCCCCCC(=O)N[C@@H](C)C(=O)N[C@H](C(=O)N[C@H](C(=O)N[C@@H](CCCNC(=N)N)C(=O)N1CCC[C@H]1C(=O)N[C@H](C(=O)N[C@@H](C)C(=O)N[C@@H](CC(N)=O)C(=O)N[C@@H](C)C(=O)N[C@H](C)CCCNC(N)N)C(C)C)C(C)C)[C@@H](C)CC. The number of nitrogens with one attached hydrogen (secondary N) is 12. The number of hydrogen-bond donors (Lipinski definition) is 16. The molecule has 11 atom stereocenters. The zero-order valence-electron chi connectivity index (χ0n) is 56.0. The van der Waals surface area contributed by atoms with Crippen LogP contribution in [0, 0.1) is 23.2 Å². The van der Waals surface area contributed by atoms with Crippen molar-refractivity contribution in [3.05, 3.63) is 0 Å². The average molecular weight is 1280 g/mol. The summed E-state index contributed by atoms with van der Waals surface area (Å²) >= 11 is 0. The van der Waals surface area contributed by atoms with Crippen LogP contribution < -0.4 is 81.4 Å². The molecule has 1 saturated heterocycles. The molecule has 11 amide bonds. The molecule has 516 valence electrons. The monoisotopic (exact) mass is 1280 g/mol. The van der Waals surface area contributed by atoms with Crippen molar-refractivity contribution in [1.29, 1.82) is 5.41 Å². The maximum atomic E-state index is 14.6. The smallest absolute Gasteiger partial charge is 0.245 e. The van der Waals surface area contributed by atoms with Crippen molar-refractivity contribution in [2.75, 3.05) is 19.6 Å². The first kappa shape index (κ1) is 81.3. The van der Waals surface area contributed by atoms with Crippen molar-refractivity contribution < 1.29 is 52.7 Å². The Morgan fingerprint density at radius 1 is 0.500 bits per heavy atom. The van der Waals surface area contributed by atoms with E-state index in [0.29, 0.717) is 38.6 Å². The Hall–Kier alpha value is -6.68. The lowest BCUT2D eigenvalue weighted by Gasteiger charge is -2.32. The first-order valence-corrected chi connectivity index (χ1v) is 33.1. The minimum absolute atomic E-state index is 0.0145. The maximum absolute atomic E-state index is 14.6. The molecule has 1 aliphatic heterocycles. The number of rotatable bonds is 47. The Morgan fingerprint density at radius 3 is 1.50 bits per heavy atom. The first-order chi connectivity index (χ1) is 42.4. The van der Waals surface area contributed by atoms with E-state index in [9.17, 15) is 52.7 Å². The van der Waals surface area contributed by atoms with Gasteiger partial charge in [-0.15, -0.1) is 0 Å². The summed E-state index contributed by atoms with van der Waals surface area (Å²) in [4.78, 5) is 151. The molecular weight excluding hydrogens is 1160 g/mol. The van der Waals surface area contributed by atoms with Gasteiger partial charge in [-0.25, -0.2) is 0 Å². The van der Waals surface area contributed by atoms with Crippen LogP contribution in [0.4, 0.5) is 0 Å². The Labute approximate surface area is 535 Å². The van der Waals surface area contributed by atoms with E-state index in [1.807, 2.05) is 6.92 Å². The van der Waals surface area contributed by atoms with Crippen LogP contribution in [-0.4, -0.2) is 162 Å². The van der Waals surface area contributed by atoms with E-state index >= 15 is 0 Å². The van der Waals surface area contributed by atoms with Gasteiger partial charge >= 0.3 is 0 Å². The van der Waals surface area contributed by atoms with E-state index in [1.54, 1.807) is 48.5 Å². The zero-order valence-corrected chi connectivity index (χ0v) is 56.0. The molecule has 28 heteroatoms. The van der Waals surface area contributed by atoms with Gasteiger partial charge in [0, 0.05) is 25.6 Å². The van der Waals surface area contributed by atoms with E-state index in [-0.39, 0.29) is 56.7 Å². The van der Waals surface area contributed by atoms with Gasteiger partial charge in [0.25, 0.3) is 0 Å². The van der Waals surface area contributed by atoms with Crippen molar-refractivity contribution in [3.63, 3.8) is 0 Å². The van der Waals surface area contributed by atoms with E-state index in [4.69, 9.17) is 28.3 Å². The molecule has 0 aromatic rings. The summed E-state index contributed by atoms with van der Waals surface area (Å²) in [5.41, 5.74) is 21.9. The molecule has 0 bridgehead atoms. The highest BCUT2D eigenvalue weighted by Crippen LogP contribution is 2.22. The fraction of sp³-hybridized carbons (Fsp3) is 0.806. The van der Waals surface area contributed by atoms with Crippen molar-refractivity contribution in [2.24, 2.45) is 40.7 Å². The summed E-state index contributed by atoms with van der Waals surface area (Å²) in [5, 5.41) is 37.2. The Morgan fingerprint density at radius 2 is 0.967 bits per heavy atom. The Bertz CT molecular complexity index is 2270. The van der Waals surface area contributed by atoms with Gasteiger partial charge < -0.3 is 81.0 Å². The van der Waals surface area contributed by atoms with Crippen LogP contribution in [0.25, 0.3) is 0 Å². The standard InChI is InChI=1S/C62H117N17O11/c1-12-14-15-16-17-18-19-20-21-22-23-24-25-32-48(81)71-41(9)54(84)78-51(39(7)13-2)59(89)77-50(38(5)6)58(88)74-44(30-27-34-69-62(66)67)60(90)79-35-28-31-46(79)56(86)76-49(37(3)4)57(87)73-43(11)53(83)75-45(36-47(63)80)55(85)72-42(10)52(82)70-40(8)29-26-33-68-61(64)65/h37-46,49-51,61,68H,12-36,64-65H2,1-11H3,(H2,63,80)(H,70,82)(H,71,81)(H,72,85)(H,73,87)(H,74,88)(H,75,83)(H,76,86)(H,77,89)(H,78,84)(H4,66,67,69)/t39-,40+,41-,42-,43-,44-,45-,46-,49-,50-,51-/m0/s1. The average Bonchev–Trinajstić information content (AvgIpc) is 2.15. The fourth-order valence-corrected chi connectivity index (χ4v) is 10.3. The highest BCUT2D eigenvalue weighted by Gasteiger charge is 2.41. The second-order valence-corrected chi connectivity index (χ2v) is 25.1. The summed E-state index contributed by atoms with van der Waals surface area (Å²) in [6, 6.07) is -11.1. The molecule has 0 radical (unpaired) electrons. The summed E-state index contributed by atoms with van der Waals surface area (Å²) < 4.78 is 0. The van der Waals surface area contributed by atoms with E-state index in [2.05, 4.69) is 65.4 Å². The molecule has 28 nitrogen and oxygen atoms in total. The molecule has 0 aliphatic carbocycles. The van der Waals surface area contributed by atoms with Crippen LogP contribution in [0.15, 0.2) is 0 Å². The zero-order chi connectivity index (χ0) is 68.0.